The maximum Gasteiger partial charge on any atom is 0.0558 e. The molecule has 7 aromatic carbocycles. The van der Waals surface area contributed by atoms with E-state index >= 15 is 0 Å². The Hall–Kier alpha value is -6.58. The van der Waals surface area contributed by atoms with Gasteiger partial charge in [0.05, 0.1) is 28.8 Å². The van der Waals surface area contributed by atoms with Crippen molar-refractivity contribution in [1.82, 2.24) is 14.5 Å². The molecule has 3 nitrogen and oxygen atoms in total. The van der Waals surface area contributed by atoms with E-state index < -0.39 is 0 Å². The first-order valence-electron chi connectivity index (χ1n) is 17.8. The van der Waals surface area contributed by atoms with E-state index in [9.17, 15) is 0 Å². The van der Waals surface area contributed by atoms with E-state index in [4.69, 9.17) is 0 Å². The second kappa shape index (κ2) is 11.0. The van der Waals surface area contributed by atoms with Crippen LogP contribution in [0.2, 0.25) is 0 Å². The van der Waals surface area contributed by atoms with Crippen molar-refractivity contribution in [2.45, 2.75) is 12.5 Å². The van der Waals surface area contributed by atoms with Gasteiger partial charge in [-0.2, -0.15) is 0 Å². The highest BCUT2D eigenvalue weighted by molar-refractivity contribution is 6.09. The molecular weight excluding hydrogens is 619 g/mol. The van der Waals surface area contributed by atoms with Crippen LogP contribution < -0.4 is 5.32 Å². The third kappa shape index (κ3) is 4.12. The monoisotopic (exact) mass is 651 g/mol. The van der Waals surface area contributed by atoms with Crippen molar-refractivity contribution in [3.8, 4) is 33.6 Å². The van der Waals surface area contributed by atoms with Crippen LogP contribution >= 0.6 is 0 Å². The fraction of sp³-hybridized carbons (Fsp3) is 0.0417. The molecule has 240 valence electrons. The Bertz CT molecular complexity index is 2810. The molecule has 1 aliphatic heterocycles. The molecule has 9 aromatic rings. The molecule has 3 heterocycles. The molecule has 2 aliphatic rings. The number of benzene rings is 7. The molecule has 2 aromatic heterocycles. The molecule has 51 heavy (non-hydrogen) atoms. The van der Waals surface area contributed by atoms with Gasteiger partial charge in [0.2, 0.25) is 0 Å². The van der Waals surface area contributed by atoms with Crippen LogP contribution in [0.5, 0.6) is 0 Å². The summed E-state index contributed by atoms with van der Waals surface area (Å²) in [5.74, 6) is 0.127. The molecule has 0 saturated heterocycles. The first kappa shape index (κ1) is 28.3. The summed E-state index contributed by atoms with van der Waals surface area (Å²) >= 11 is 0. The highest BCUT2D eigenvalue weighted by Gasteiger charge is 2.32. The second-order valence-corrected chi connectivity index (χ2v) is 13.7. The first-order chi connectivity index (χ1) is 25.3. The van der Waals surface area contributed by atoms with Crippen molar-refractivity contribution >= 4 is 38.8 Å². The molecule has 1 aliphatic carbocycles. The zero-order valence-corrected chi connectivity index (χ0v) is 27.9. The van der Waals surface area contributed by atoms with E-state index in [2.05, 4.69) is 191 Å². The van der Waals surface area contributed by atoms with E-state index in [0.717, 1.165) is 6.54 Å². The van der Waals surface area contributed by atoms with Gasteiger partial charge < -0.3 is 14.5 Å². The molecule has 0 saturated carbocycles. The van der Waals surface area contributed by atoms with Gasteiger partial charge in [-0.3, -0.25) is 0 Å². The average molecular weight is 652 g/mol. The van der Waals surface area contributed by atoms with Crippen molar-refractivity contribution in [2.75, 3.05) is 0 Å². The van der Waals surface area contributed by atoms with Crippen LogP contribution in [0.25, 0.3) is 72.4 Å². The summed E-state index contributed by atoms with van der Waals surface area (Å²) in [5, 5.41) is 7.29. The molecule has 1 N–H and O–H groups in total. The second-order valence-electron chi connectivity index (χ2n) is 13.7. The van der Waals surface area contributed by atoms with Crippen LogP contribution in [0.4, 0.5) is 0 Å². The lowest BCUT2D eigenvalue weighted by molar-refractivity contribution is 0.803. The van der Waals surface area contributed by atoms with Gasteiger partial charge in [-0.1, -0.05) is 115 Å². The Morgan fingerprint density at radius 1 is 0.451 bits per heavy atom. The molecule has 1 unspecified atom stereocenters. The van der Waals surface area contributed by atoms with Crippen LogP contribution in [0.15, 0.2) is 170 Å². The van der Waals surface area contributed by atoms with Gasteiger partial charge in [0.15, 0.2) is 0 Å². The fourth-order valence-electron chi connectivity index (χ4n) is 8.94. The minimum atomic E-state index is 0.127. The van der Waals surface area contributed by atoms with Crippen LogP contribution in [0.3, 0.4) is 0 Å². The number of nitrogens with one attached hydrogen (secondary N) is 1. The molecule has 3 heteroatoms. The van der Waals surface area contributed by atoms with E-state index in [1.54, 1.807) is 0 Å². The number of fused-ring (bicyclic) bond motifs is 9. The molecule has 0 bridgehead atoms. The number of nitrogens with zero attached hydrogens (tertiary/aromatic N) is 2. The highest BCUT2D eigenvalue weighted by atomic mass is 15.0. The maximum atomic E-state index is 3.45. The summed E-state index contributed by atoms with van der Waals surface area (Å²) in [4.78, 5) is 0. The lowest BCUT2D eigenvalue weighted by Gasteiger charge is -2.19. The van der Waals surface area contributed by atoms with Gasteiger partial charge in [0, 0.05) is 39.0 Å². The zero-order valence-electron chi connectivity index (χ0n) is 27.9. The Morgan fingerprint density at radius 3 is 1.86 bits per heavy atom. The van der Waals surface area contributed by atoms with Crippen molar-refractivity contribution in [2.24, 2.45) is 0 Å². The van der Waals surface area contributed by atoms with Gasteiger partial charge in [-0.05, 0) is 99.8 Å². The smallest absolute Gasteiger partial charge is 0.0558 e. The Kier molecular flexibility index (Phi) is 6.08. The molecule has 11 rings (SSSR count). The Morgan fingerprint density at radius 2 is 1.08 bits per heavy atom. The van der Waals surface area contributed by atoms with Crippen LogP contribution in [-0.4, -0.2) is 9.13 Å². The van der Waals surface area contributed by atoms with E-state index in [1.165, 1.54) is 94.3 Å². The van der Waals surface area contributed by atoms with Gasteiger partial charge in [-0.15, -0.1) is 0 Å². The number of rotatable bonds is 4. The molecule has 0 radical (unpaired) electrons. The van der Waals surface area contributed by atoms with Crippen molar-refractivity contribution in [3.05, 3.63) is 198 Å². The van der Waals surface area contributed by atoms with Gasteiger partial charge in [0.25, 0.3) is 0 Å². The van der Waals surface area contributed by atoms with Gasteiger partial charge in [0.1, 0.15) is 0 Å². The molecule has 1 atom stereocenters. The van der Waals surface area contributed by atoms with E-state index in [0.29, 0.717) is 0 Å². The first-order valence-corrected chi connectivity index (χ1v) is 17.8. The summed E-state index contributed by atoms with van der Waals surface area (Å²) in [7, 11) is 0. The largest absolute Gasteiger partial charge is 0.385 e. The Labute approximate surface area is 296 Å². The third-order valence-corrected chi connectivity index (χ3v) is 11.1. The van der Waals surface area contributed by atoms with Crippen LogP contribution in [0.1, 0.15) is 33.9 Å². The SMILES string of the molecule is C1=Cc2c(n(-c3ccccc3)c3ccc(-c4ccccc4C4c5ccccc5-c5cc(-n6c7ccccc7c7ccccc76)ccc54)cc23)CN1. The summed E-state index contributed by atoms with van der Waals surface area (Å²) in [6.07, 6.45) is 4.31. The minimum absolute atomic E-state index is 0.127. The Balaban J connectivity index is 1.09. The van der Waals surface area contributed by atoms with Crippen molar-refractivity contribution < 1.29 is 0 Å². The number of para-hydroxylation sites is 3. The van der Waals surface area contributed by atoms with Crippen LogP contribution in [-0.2, 0) is 6.54 Å². The van der Waals surface area contributed by atoms with Crippen molar-refractivity contribution in [3.63, 3.8) is 0 Å². The summed E-state index contributed by atoms with van der Waals surface area (Å²) in [6.45, 7) is 0.799. The molecule has 0 amide bonds. The lowest BCUT2D eigenvalue weighted by Crippen LogP contribution is -2.13. The predicted octanol–water partition coefficient (Wildman–Crippen LogP) is 11.6. The minimum Gasteiger partial charge on any atom is -0.385 e. The van der Waals surface area contributed by atoms with E-state index in [1.807, 2.05) is 0 Å². The summed E-state index contributed by atoms with van der Waals surface area (Å²) < 4.78 is 4.84. The molecular formula is C48H33N3. The highest BCUT2D eigenvalue weighted by Crippen LogP contribution is 2.51. The fourth-order valence-corrected chi connectivity index (χ4v) is 8.94. The zero-order chi connectivity index (χ0) is 33.5. The number of aromatic nitrogens is 2. The van der Waals surface area contributed by atoms with Crippen molar-refractivity contribution in [1.29, 1.82) is 0 Å². The van der Waals surface area contributed by atoms with Gasteiger partial charge >= 0.3 is 0 Å². The topological polar surface area (TPSA) is 21.9 Å². The molecule has 0 spiro atoms. The maximum absolute atomic E-state index is 3.45. The normalized spacial score (nSPS) is 14.5. The number of hydrogen-bond donors (Lipinski definition) is 1. The van der Waals surface area contributed by atoms with Gasteiger partial charge in [-0.25, -0.2) is 0 Å². The summed E-state index contributed by atoms with van der Waals surface area (Å²) in [5.41, 5.74) is 17.9. The standard InChI is InChI=1S/C48H33N3/c1-2-12-32(13-3-1)50-46-25-22-31(28-43(46)38-26-27-49-30-47(38)50)34-14-4-6-18-39(34)48-40-19-7-5-15-35(40)42-29-33(23-24-41(42)48)51-44-20-10-8-16-36(44)37-17-9-11-21-45(37)51/h1-29,48-49H,30H2. The molecule has 0 fully saturated rings. The third-order valence-electron chi connectivity index (χ3n) is 11.1. The lowest BCUT2D eigenvalue weighted by atomic mass is 9.84. The quantitative estimate of drug-likeness (QED) is 0.201. The number of hydrogen-bond acceptors (Lipinski definition) is 1. The summed E-state index contributed by atoms with van der Waals surface area (Å²) in [6, 6.07) is 60.4. The van der Waals surface area contributed by atoms with E-state index in [-0.39, 0.29) is 5.92 Å². The predicted molar refractivity (Wildman–Crippen MR) is 212 cm³/mol. The average Bonchev–Trinajstić information content (AvgIpc) is 3.83. The van der Waals surface area contributed by atoms with Crippen LogP contribution in [0, 0.1) is 0 Å².